The van der Waals surface area contributed by atoms with Gasteiger partial charge in [-0.05, 0) is 55.8 Å². The van der Waals surface area contributed by atoms with E-state index in [1.807, 2.05) is 13.0 Å². The molecule has 0 unspecified atom stereocenters. The standard InChI is InChI=1S/C22H23N5O4/c1-4-31-18-12-10-16(11-13-18)14-23-25-21(29)20(28)24-19-15(2)26(3)27(22(19)30)17-8-6-5-7-9-17/h5-14H,4H2,1-3H3,(H,24,28)(H,25,29). The number of benzene rings is 2. The molecule has 0 atom stereocenters. The molecule has 2 amide bonds. The van der Waals surface area contributed by atoms with Crippen LogP contribution in [0.15, 0.2) is 64.5 Å². The van der Waals surface area contributed by atoms with E-state index < -0.39 is 17.4 Å². The van der Waals surface area contributed by atoms with Crippen LogP contribution in [0.5, 0.6) is 5.75 Å². The van der Waals surface area contributed by atoms with E-state index in [1.54, 1.807) is 67.2 Å². The zero-order chi connectivity index (χ0) is 22.4. The van der Waals surface area contributed by atoms with Gasteiger partial charge in [0.05, 0.1) is 24.2 Å². The molecule has 2 aromatic carbocycles. The second-order valence-electron chi connectivity index (χ2n) is 6.59. The topological polar surface area (TPSA) is 107 Å². The molecule has 0 aliphatic carbocycles. The van der Waals surface area contributed by atoms with E-state index in [2.05, 4.69) is 15.8 Å². The minimum Gasteiger partial charge on any atom is -0.494 e. The van der Waals surface area contributed by atoms with Crippen molar-refractivity contribution in [2.24, 2.45) is 12.1 Å². The smallest absolute Gasteiger partial charge is 0.329 e. The lowest BCUT2D eigenvalue weighted by molar-refractivity contribution is -0.136. The number of ether oxygens (including phenoxy) is 1. The fourth-order valence-electron chi connectivity index (χ4n) is 2.92. The summed E-state index contributed by atoms with van der Waals surface area (Å²) in [6, 6.07) is 16.1. The fourth-order valence-corrected chi connectivity index (χ4v) is 2.92. The van der Waals surface area contributed by atoms with E-state index >= 15 is 0 Å². The van der Waals surface area contributed by atoms with Gasteiger partial charge in [-0.2, -0.15) is 5.10 Å². The van der Waals surface area contributed by atoms with Crippen molar-refractivity contribution in [1.82, 2.24) is 14.8 Å². The third-order valence-electron chi connectivity index (χ3n) is 4.57. The minimum absolute atomic E-state index is 0.0296. The maximum Gasteiger partial charge on any atom is 0.329 e. The van der Waals surface area contributed by atoms with Crippen LogP contribution in [0, 0.1) is 6.92 Å². The largest absolute Gasteiger partial charge is 0.494 e. The molecule has 9 nitrogen and oxygen atoms in total. The van der Waals surface area contributed by atoms with Gasteiger partial charge >= 0.3 is 11.8 Å². The van der Waals surface area contributed by atoms with E-state index in [0.717, 1.165) is 5.75 Å². The summed E-state index contributed by atoms with van der Waals surface area (Å²) in [7, 11) is 1.70. The highest BCUT2D eigenvalue weighted by atomic mass is 16.5. The van der Waals surface area contributed by atoms with Gasteiger partial charge in [-0.25, -0.2) is 10.1 Å². The molecule has 31 heavy (non-hydrogen) atoms. The second kappa shape index (κ2) is 9.57. The Morgan fingerprint density at radius 3 is 2.39 bits per heavy atom. The third-order valence-corrected chi connectivity index (χ3v) is 4.57. The van der Waals surface area contributed by atoms with Crippen molar-refractivity contribution >= 4 is 23.7 Å². The molecular formula is C22H23N5O4. The van der Waals surface area contributed by atoms with Gasteiger partial charge in [0.15, 0.2) is 0 Å². The monoisotopic (exact) mass is 421 g/mol. The summed E-state index contributed by atoms with van der Waals surface area (Å²) in [6.07, 6.45) is 1.40. The predicted molar refractivity (Wildman–Crippen MR) is 118 cm³/mol. The lowest BCUT2D eigenvalue weighted by Crippen LogP contribution is -2.34. The Labute approximate surface area is 178 Å². The molecule has 0 fully saturated rings. The van der Waals surface area contributed by atoms with E-state index in [-0.39, 0.29) is 5.69 Å². The first-order valence-corrected chi connectivity index (χ1v) is 9.63. The first-order valence-electron chi connectivity index (χ1n) is 9.63. The summed E-state index contributed by atoms with van der Waals surface area (Å²) in [5.74, 6) is -1.26. The molecule has 9 heteroatoms. The molecule has 0 radical (unpaired) electrons. The molecule has 1 aromatic heterocycles. The number of amides is 2. The number of hydrazone groups is 1. The van der Waals surface area contributed by atoms with Crippen molar-refractivity contribution in [1.29, 1.82) is 0 Å². The van der Waals surface area contributed by atoms with Gasteiger partial charge < -0.3 is 10.1 Å². The average molecular weight is 421 g/mol. The summed E-state index contributed by atoms with van der Waals surface area (Å²) < 4.78 is 8.37. The number of anilines is 1. The molecule has 0 saturated heterocycles. The number of hydrogen-bond acceptors (Lipinski definition) is 5. The average Bonchev–Trinajstić information content (AvgIpc) is 2.98. The maximum atomic E-state index is 12.8. The zero-order valence-corrected chi connectivity index (χ0v) is 17.5. The van der Waals surface area contributed by atoms with Crippen molar-refractivity contribution in [3.8, 4) is 11.4 Å². The number of rotatable bonds is 6. The fraction of sp³-hybridized carbons (Fsp3) is 0.182. The summed E-state index contributed by atoms with van der Waals surface area (Å²) in [4.78, 5) is 37.1. The lowest BCUT2D eigenvalue weighted by Gasteiger charge is -2.07. The molecule has 0 spiro atoms. The Kier molecular flexibility index (Phi) is 6.66. The molecule has 1 heterocycles. The van der Waals surface area contributed by atoms with E-state index in [9.17, 15) is 14.4 Å². The van der Waals surface area contributed by atoms with Crippen molar-refractivity contribution in [2.45, 2.75) is 13.8 Å². The van der Waals surface area contributed by atoms with Crippen LogP contribution in [0.1, 0.15) is 18.2 Å². The molecule has 0 aliphatic heterocycles. The highest BCUT2D eigenvalue weighted by Crippen LogP contribution is 2.14. The van der Waals surface area contributed by atoms with Crippen LogP contribution in [0.2, 0.25) is 0 Å². The normalized spacial score (nSPS) is 10.8. The van der Waals surface area contributed by atoms with Crippen LogP contribution in [-0.2, 0) is 16.6 Å². The van der Waals surface area contributed by atoms with Gasteiger partial charge in [0, 0.05) is 7.05 Å². The highest BCUT2D eigenvalue weighted by molar-refractivity contribution is 6.39. The van der Waals surface area contributed by atoms with Crippen LogP contribution >= 0.6 is 0 Å². The molecular weight excluding hydrogens is 398 g/mol. The van der Waals surface area contributed by atoms with Gasteiger partial charge in [0.1, 0.15) is 11.4 Å². The Hall–Kier alpha value is -4.14. The SMILES string of the molecule is CCOc1ccc(C=NNC(=O)C(=O)Nc2c(C)n(C)n(-c3ccccc3)c2=O)cc1. The van der Waals surface area contributed by atoms with Crippen LogP contribution in [-0.4, -0.2) is 34.0 Å². The number of aromatic nitrogens is 2. The van der Waals surface area contributed by atoms with Gasteiger partial charge in [-0.3, -0.25) is 19.1 Å². The van der Waals surface area contributed by atoms with E-state index in [4.69, 9.17) is 4.74 Å². The number of para-hydroxylation sites is 1. The van der Waals surface area contributed by atoms with Crippen molar-refractivity contribution in [3.05, 3.63) is 76.2 Å². The Bertz CT molecular complexity index is 1160. The Morgan fingerprint density at radius 1 is 1.06 bits per heavy atom. The molecule has 2 N–H and O–H groups in total. The highest BCUT2D eigenvalue weighted by Gasteiger charge is 2.21. The zero-order valence-electron chi connectivity index (χ0n) is 17.5. The van der Waals surface area contributed by atoms with Crippen LogP contribution in [0.3, 0.4) is 0 Å². The van der Waals surface area contributed by atoms with Crippen LogP contribution < -0.4 is 21.0 Å². The molecule has 0 saturated carbocycles. The van der Waals surface area contributed by atoms with Gasteiger partial charge in [0.2, 0.25) is 0 Å². The summed E-state index contributed by atoms with van der Waals surface area (Å²) in [6.45, 7) is 4.14. The second-order valence-corrected chi connectivity index (χ2v) is 6.59. The third kappa shape index (κ3) is 4.89. The first kappa shape index (κ1) is 21.6. The quantitative estimate of drug-likeness (QED) is 0.360. The van der Waals surface area contributed by atoms with Gasteiger partial charge in [-0.1, -0.05) is 18.2 Å². The van der Waals surface area contributed by atoms with Crippen molar-refractivity contribution in [3.63, 3.8) is 0 Å². The summed E-state index contributed by atoms with van der Waals surface area (Å²) in [5, 5.41) is 6.16. The summed E-state index contributed by atoms with van der Waals surface area (Å²) >= 11 is 0. The Balaban J connectivity index is 1.67. The minimum atomic E-state index is -0.991. The molecule has 3 rings (SSSR count). The van der Waals surface area contributed by atoms with Crippen molar-refractivity contribution < 1.29 is 14.3 Å². The molecule has 3 aromatic rings. The number of nitrogens with one attached hydrogen (secondary N) is 2. The first-order chi connectivity index (χ1) is 14.9. The predicted octanol–water partition coefficient (Wildman–Crippen LogP) is 1.97. The van der Waals surface area contributed by atoms with Crippen LogP contribution in [0.4, 0.5) is 5.69 Å². The van der Waals surface area contributed by atoms with Crippen molar-refractivity contribution in [2.75, 3.05) is 11.9 Å². The lowest BCUT2D eigenvalue weighted by atomic mass is 10.2. The van der Waals surface area contributed by atoms with E-state index in [0.29, 0.717) is 23.6 Å². The summed E-state index contributed by atoms with van der Waals surface area (Å²) in [5.41, 5.74) is 3.61. The number of carbonyl (C=O) groups excluding carboxylic acids is 2. The number of hydrogen-bond donors (Lipinski definition) is 2. The van der Waals surface area contributed by atoms with Gasteiger partial charge in [-0.15, -0.1) is 0 Å². The Morgan fingerprint density at radius 2 is 1.74 bits per heavy atom. The molecule has 0 bridgehead atoms. The van der Waals surface area contributed by atoms with E-state index in [1.165, 1.54) is 10.9 Å². The van der Waals surface area contributed by atoms with Gasteiger partial charge in [0.25, 0.3) is 5.56 Å². The molecule has 160 valence electrons. The maximum absolute atomic E-state index is 12.8. The van der Waals surface area contributed by atoms with Crippen LogP contribution in [0.25, 0.3) is 5.69 Å². The molecule has 0 aliphatic rings. The number of carbonyl (C=O) groups is 2. The number of nitrogens with zero attached hydrogens (tertiary/aromatic N) is 3.